The van der Waals surface area contributed by atoms with Gasteiger partial charge in [-0.1, -0.05) is 6.92 Å². The number of carboxylic acid groups (broad SMARTS) is 2. The molecular weight excluding hydrogens is 208 g/mol. The lowest BCUT2D eigenvalue weighted by Gasteiger charge is -2.19. The highest BCUT2D eigenvalue weighted by Gasteiger charge is 2.28. The Balaban J connectivity index is 5.27. The van der Waals surface area contributed by atoms with E-state index in [2.05, 4.69) is 4.74 Å². The van der Waals surface area contributed by atoms with Crippen LogP contribution in [0.3, 0.4) is 0 Å². The number of carboxylic acids is 2. The average molecular weight is 220 g/mol. The maximum Gasteiger partial charge on any atom is 0.371 e. The van der Waals surface area contributed by atoms with E-state index in [1.54, 1.807) is 0 Å². The molecule has 0 aliphatic carbocycles. The molecule has 0 heterocycles. The molecule has 0 amide bonds. The van der Waals surface area contributed by atoms with E-state index in [1.165, 1.54) is 6.92 Å². The van der Waals surface area contributed by atoms with E-state index in [4.69, 9.17) is 20.4 Å². The second-order valence-electron chi connectivity index (χ2n) is 2.81. The van der Waals surface area contributed by atoms with Gasteiger partial charge in [-0.3, -0.25) is 0 Å². The van der Waals surface area contributed by atoms with Crippen LogP contribution in [0.5, 0.6) is 0 Å². The van der Waals surface area contributed by atoms with Crippen LogP contribution in [0.2, 0.25) is 0 Å². The molecule has 7 nitrogen and oxygen atoms in total. The van der Waals surface area contributed by atoms with Crippen LogP contribution in [0.25, 0.3) is 0 Å². The number of ether oxygens (including phenoxy) is 1. The van der Waals surface area contributed by atoms with E-state index in [9.17, 15) is 9.59 Å². The first-order valence-corrected chi connectivity index (χ1v) is 4.02. The lowest BCUT2D eigenvalue weighted by molar-refractivity contribution is -0.307. The third-order valence-corrected chi connectivity index (χ3v) is 1.38. The van der Waals surface area contributed by atoms with Gasteiger partial charge in [0.15, 0.2) is 0 Å². The van der Waals surface area contributed by atoms with Gasteiger partial charge >= 0.3 is 17.9 Å². The van der Waals surface area contributed by atoms with Crippen LogP contribution < -0.4 is 0 Å². The fourth-order valence-corrected chi connectivity index (χ4v) is 0.837. The maximum atomic E-state index is 10.6. The van der Waals surface area contributed by atoms with Crippen molar-refractivity contribution in [1.29, 1.82) is 0 Å². The van der Waals surface area contributed by atoms with Gasteiger partial charge in [-0.25, -0.2) is 9.59 Å². The standard InChI is InChI=1S/C8H12O7/c1-3-4(6(9)10)5(7(11)12)15-8(2,13)14/h13-14H,3H2,1-2H3,(H,9,10)(H,11,12)/b5-4+. The van der Waals surface area contributed by atoms with E-state index in [-0.39, 0.29) is 6.42 Å². The van der Waals surface area contributed by atoms with Gasteiger partial charge in [-0.2, -0.15) is 0 Å². The SMILES string of the molecule is CC/C(C(=O)O)=C(\OC(C)(O)O)C(=O)O. The Hall–Kier alpha value is -1.60. The maximum absolute atomic E-state index is 10.6. The lowest BCUT2D eigenvalue weighted by atomic mass is 10.2. The third-order valence-electron chi connectivity index (χ3n) is 1.38. The van der Waals surface area contributed by atoms with Crippen molar-refractivity contribution in [2.45, 2.75) is 26.2 Å². The van der Waals surface area contributed by atoms with Gasteiger partial charge in [0.05, 0.1) is 5.57 Å². The molecule has 0 saturated heterocycles. The summed E-state index contributed by atoms with van der Waals surface area (Å²) < 4.78 is 4.22. The third kappa shape index (κ3) is 4.43. The van der Waals surface area contributed by atoms with Gasteiger partial charge < -0.3 is 25.2 Å². The van der Waals surface area contributed by atoms with E-state index < -0.39 is 29.2 Å². The number of rotatable bonds is 5. The second-order valence-corrected chi connectivity index (χ2v) is 2.81. The van der Waals surface area contributed by atoms with E-state index in [1.807, 2.05) is 0 Å². The summed E-state index contributed by atoms with van der Waals surface area (Å²) in [5.41, 5.74) is -0.545. The van der Waals surface area contributed by atoms with Crippen molar-refractivity contribution in [3.63, 3.8) is 0 Å². The molecule has 0 aliphatic rings. The number of carbonyl (C=O) groups is 2. The first-order valence-electron chi connectivity index (χ1n) is 4.02. The highest BCUT2D eigenvalue weighted by atomic mass is 16.8. The molecule has 4 N–H and O–H groups in total. The fourth-order valence-electron chi connectivity index (χ4n) is 0.837. The van der Waals surface area contributed by atoms with E-state index in [0.717, 1.165) is 6.92 Å². The summed E-state index contributed by atoms with van der Waals surface area (Å²) >= 11 is 0. The number of hydrogen-bond acceptors (Lipinski definition) is 5. The topological polar surface area (TPSA) is 124 Å². The number of aliphatic carboxylic acids is 2. The molecular formula is C8H12O7. The summed E-state index contributed by atoms with van der Waals surface area (Å²) in [5, 5.41) is 34.9. The molecule has 0 spiro atoms. The summed E-state index contributed by atoms with van der Waals surface area (Å²) in [6, 6.07) is 0. The van der Waals surface area contributed by atoms with Crippen LogP contribution in [-0.4, -0.2) is 38.3 Å². The highest BCUT2D eigenvalue weighted by molar-refractivity contribution is 5.97. The molecule has 0 radical (unpaired) electrons. The highest BCUT2D eigenvalue weighted by Crippen LogP contribution is 2.16. The molecule has 0 saturated carbocycles. The van der Waals surface area contributed by atoms with Crippen molar-refractivity contribution in [2.75, 3.05) is 0 Å². The number of hydrogen-bond donors (Lipinski definition) is 4. The molecule has 0 rings (SSSR count). The smallest absolute Gasteiger partial charge is 0.371 e. The predicted molar refractivity (Wildman–Crippen MR) is 46.5 cm³/mol. The largest absolute Gasteiger partial charge is 0.478 e. The normalized spacial score (nSPS) is 13.1. The van der Waals surface area contributed by atoms with Crippen LogP contribution in [0.15, 0.2) is 11.3 Å². The van der Waals surface area contributed by atoms with Gasteiger partial charge in [0, 0.05) is 6.92 Å². The zero-order valence-corrected chi connectivity index (χ0v) is 8.22. The summed E-state index contributed by atoms with van der Waals surface area (Å²) in [4.78, 5) is 21.2. The fraction of sp³-hybridized carbons (Fsp3) is 0.500. The first kappa shape index (κ1) is 13.4. The van der Waals surface area contributed by atoms with Crippen molar-refractivity contribution < 1.29 is 34.8 Å². The summed E-state index contributed by atoms with van der Waals surface area (Å²) in [7, 11) is 0. The van der Waals surface area contributed by atoms with Gasteiger partial charge in [0.2, 0.25) is 5.76 Å². The summed E-state index contributed by atoms with van der Waals surface area (Å²) in [5.74, 6) is -6.89. The predicted octanol–water partition coefficient (Wildman–Crippen LogP) is -0.505. The molecule has 0 aliphatic heterocycles. The van der Waals surface area contributed by atoms with Gasteiger partial charge in [-0.05, 0) is 6.42 Å². The Morgan fingerprint density at radius 3 is 1.87 bits per heavy atom. The van der Waals surface area contributed by atoms with Crippen molar-refractivity contribution in [1.82, 2.24) is 0 Å². The minimum absolute atomic E-state index is 0.118. The van der Waals surface area contributed by atoms with Gasteiger partial charge in [0.1, 0.15) is 0 Å². The summed E-state index contributed by atoms with van der Waals surface area (Å²) in [6.07, 6.45) is -0.118. The van der Waals surface area contributed by atoms with Crippen LogP contribution in [0, 0.1) is 0 Å². The van der Waals surface area contributed by atoms with Gasteiger partial charge in [0.25, 0.3) is 0 Å². The molecule has 0 unspecified atom stereocenters. The Kier molecular flexibility index (Phi) is 4.25. The van der Waals surface area contributed by atoms with E-state index in [0.29, 0.717) is 0 Å². The molecule has 0 bridgehead atoms. The van der Waals surface area contributed by atoms with Crippen LogP contribution in [0.1, 0.15) is 20.3 Å². The molecule has 0 atom stereocenters. The average Bonchev–Trinajstić information content (AvgIpc) is 2.00. The lowest BCUT2D eigenvalue weighted by Crippen LogP contribution is -2.30. The second kappa shape index (κ2) is 4.76. The Morgan fingerprint density at radius 2 is 1.67 bits per heavy atom. The van der Waals surface area contributed by atoms with Crippen molar-refractivity contribution in [3.8, 4) is 0 Å². The van der Waals surface area contributed by atoms with Gasteiger partial charge in [-0.15, -0.1) is 0 Å². The Labute approximate surface area is 85.2 Å². The monoisotopic (exact) mass is 220 g/mol. The Morgan fingerprint density at radius 1 is 1.20 bits per heavy atom. The minimum Gasteiger partial charge on any atom is -0.478 e. The molecule has 0 fully saturated rings. The zero-order valence-electron chi connectivity index (χ0n) is 8.22. The van der Waals surface area contributed by atoms with Crippen LogP contribution in [-0.2, 0) is 14.3 Å². The van der Waals surface area contributed by atoms with Crippen molar-refractivity contribution in [2.24, 2.45) is 0 Å². The zero-order chi connectivity index (χ0) is 12.2. The molecule has 0 aromatic heterocycles. The molecule has 0 aromatic rings. The first-order chi connectivity index (χ1) is 6.69. The Bertz CT molecular complexity index is 297. The summed E-state index contributed by atoms with van der Waals surface area (Å²) in [6.45, 7) is 2.17. The van der Waals surface area contributed by atoms with E-state index >= 15 is 0 Å². The quantitative estimate of drug-likeness (QED) is 0.279. The van der Waals surface area contributed by atoms with Crippen molar-refractivity contribution in [3.05, 3.63) is 11.3 Å². The van der Waals surface area contributed by atoms with Crippen LogP contribution in [0.4, 0.5) is 0 Å². The molecule has 0 aromatic carbocycles. The molecule has 86 valence electrons. The molecule has 15 heavy (non-hydrogen) atoms. The van der Waals surface area contributed by atoms with Crippen molar-refractivity contribution >= 4 is 11.9 Å². The minimum atomic E-state index is -2.73. The van der Waals surface area contributed by atoms with Crippen LogP contribution >= 0.6 is 0 Å². The number of aliphatic hydroxyl groups is 2. The molecule has 7 heteroatoms.